The van der Waals surface area contributed by atoms with Gasteiger partial charge in [0.2, 0.25) is 0 Å². The Kier molecular flexibility index (Phi) is 4.29. The van der Waals surface area contributed by atoms with Crippen LogP contribution in [0.1, 0.15) is 44.1 Å². The maximum atomic E-state index is 11.7. The van der Waals surface area contributed by atoms with E-state index in [9.17, 15) is 4.79 Å². The molecule has 0 unspecified atom stereocenters. The highest BCUT2D eigenvalue weighted by Crippen LogP contribution is 2.38. The molecule has 1 aliphatic heterocycles. The number of methoxy groups -OCH3 is 1. The molecule has 1 saturated heterocycles. The summed E-state index contributed by atoms with van der Waals surface area (Å²) in [5.41, 5.74) is 1.52. The van der Waals surface area contributed by atoms with Gasteiger partial charge in [-0.2, -0.15) is 0 Å². The lowest BCUT2D eigenvalue weighted by molar-refractivity contribution is -0.123. The highest BCUT2D eigenvalue weighted by Gasteiger charge is 2.40. The van der Waals surface area contributed by atoms with Gasteiger partial charge in [0.1, 0.15) is 11.5 Å². The van der Waals surface area contributed by atoms with Crippen LogP contribution in [-0.4, -0.2) is 36.4 Å². The number of ether oxygens (including phenoxy) is 1. The fraction of sp³-hybridized carbons (Fsp3) is 0.611. The Balaban J connectivity index is 1.82. The summed E-state index contributed by atoms with van der Waals surface area (Å²) in [4.78, 5) is 14.3. The molecule has 2 aliphatic rings. The lowest BCUT2D eigenvalue weighted by Gasteiger charge is -2.44. The van der Waals surface area contributed by atoms with E-state index < -0.39 is 0 Å². The average molecular weight is 287 g/mol. The highest BCUT2D eigenvalue weighted by atomic mass is 16.5. The molecule has 3 nitrogen and oxygen atoms in total. The molecule has 3 rings (SSSR count). The van der Waals surface area contributed by atoms with Crippen molar-refractivity contribution in [2.75, 3.05) is 20.2 Å². The van der Waals surface area contributed by atoms with Crippen molar-refractivity contribution in [1.82, 2.24) is 4.90 Å². The molecule has 1 aromatic rings. The molecular weight excluding hydrogens is 262 g/mol. The lowest BCUT2D eigenvalue weighted by atomic mass is 9.76. The molecule has 2 fully saturated rings. The van der Waals surface area contributed by atoms with Crippen molar-refractivity contribution in [1.29, 1.82) is 0 Å². The minimum atomic E-state index is 0.191. The first-order chi connectivity index (χ1) is 10.2. The Labute approximate surface area is 127 Å². The van der Waals surface area contributed by atoms with Crippen molar-refractivity contribution in [3.05, 3.63) is 29.8 Å². The molecule has 0 atom stereocenters. The summed E-state index contributed by atoms with van der Waals surface area (Å²) in [6, 6.07) is 8.40. The number of likely N-dealkylation sites (tertiary alicyclic amines) is 1. The summed E-state index contributed by atoms with van der Waals surface area (Å²) in [5, 5.41) is 0. The van der Waals surface area contributed by atoms with Gasteiger partial charge < -0.3 is 4.74 Å². The maximum absolute atomic E-state index is 11.7. The topological polar surface area (TPSA) is 29.5 Å². The molecule has 1 saturated carbocycles. The Hall–Kier alpha value is -1.35. The van der Waals surface area contributed by atoms with Gasteiger partial charge in [-0.15, -0.1) is 0 Å². The molecular formula is C18H25NO2. The average Bonchev–Trinajstić information content (AvgIpc) is 3.05. The first kappa shape index (κ1) is 14.6. The van der Waals surface area contributed by atoms with Crippen molar-refractivity contribution in [3.8, 4) is 5.75 Å². The Bertz CT molecular complexity index is 496. The number of Topliss-reactive ketones (excluding diaryl/α,β-unsaturated/α-hetero) is 1. The van der Waals surface area contributed by atoms with Crippen LogP contribution in [-0.2, 0) is 11.2 Å². The van der Waals surface area contributed by atoms with Crippen molar-refractivity contribution >= 4 is 5.78 Å². The van der Waals surface area contributed by atoms with E-state index in [1.54, 1.807) is 7.11 Å². The fourth-order valence-electron chi connectivity index (χ4n) is 3.95. The smallest absolute Gasteiger partial charge is 0.133 e. The monoisotopic (exact) mass is 287 g/mol. The van der Waals surface area contributed by atoms with Crippen LogP contribution in [0.4, 0.5) is 0 Å². The zero-order valence-corrected chi connectivity index (χ0v) is 12.9. The number of hydrogen-bond acceptors (Lipinski definition) is 3. The number of carbonyl (C=O) groups is 1. The molecule has 0 radical (unpaired) electrons. The summed E-state index contributed by atoms with van der Waals surface area (Å²) >= 11 is 0. The van der Waals surface area contributed by atoms with E-state index >= 15 is 0 Å². The molecule has 0 spiro atoms. The van der Waals surface area contributed by atoms with E-state index in [0.29, 0.717) is 5.78 Å². The number of ketones is 1. The molecule has 1 heterocycles. The predicted molar refractivity (Wildman–Crippen MR) is 83.7 cm³/mol. The first-order valence-electron chi connectivity index (χ1n) is 8.12. The minimum Gasteiger partial charge on any atom is -0.497 e. The zero-order valence-electron chi connectivity index (χ0n) is 12.9. The molecule has 114 valence electrons. The third-order valence-electron chi connectivity index (χ3n) is 5.18. The normalized spacial score (nSPS) is 22.4. The van der Waals surface area contributed by atoms with Gasteiger partial charge >= 0.3 is 0 Å². The van der Waals surface area contributed by atoms with Crippen LogP contribution in [0.15, 0.2) is 24.3 Å². The highest BCUT2D eigenvalue weighted by molar-refractivity contribution is 5.79. The van der Waals surface area contributed by atoms with Crippen molar-refractivity contribution in [3.63, 3.8) is 0 Å². The van der Waals surface area contributed by atoms with E-state index in [-0.39, 0.29) is 5.54 Å². The summed E-state index contributed by atoms with van der Waals surface area (Å²) in [7, 11) is 1.72. The van der Waals surface area contributed by atoms with Gasteiger partial charge in [0.25, 0.3) is 0 Å². The van der Waals surface area contributed by atoms with Crippen LogP contribution in [0.25, 0.3) is 0 Å². The minimum absolute atomic E-state index is 0.191. The van der Waals surface area contributed by atoms with Crippen molar-refractivity contribution in [2.24, 2.45) is 0 Å². The van der Waals surface area contributed by atoms with Gasteiger partial charge in [-0.05, 0) is 62.9 Å². The van der Waals surface area contributed by atoms with E-state index in [1.807, 2.05) is 6.07 Å². The van der Waals surface area contributed by atoms with E-state index in [4.69, 9.17) is 4.74 Å². The van der Waals surface area contributed by atoms with Gasteiger partial charge in [0, 0.05) is 18.4 Å². The molecule has 3 heteroatoms. The Morgan fingerprint density at radius 1 is 1.19 bits per heavy atom. The SMILES string of the molecule is COc1cccc(CC2(N3CCCC3)CCC(=O)CC2)c1. The third-order valence-corrected chi connectivity index (χ3v) is 5.18. The van der Waals surface area contributed by atoms with Gasteiger partial charge in [0.15, 0.2) is 0 Å². The summed E-state index contributed by atoms with van der Waals surface area (Å²) < 4.78 is 5.35. The summed E-state index contributed by atoms with van der Waals surface area (Å²) in [6.45, 7) is 2.39. The number of carbonyl (C=O) groups excluding carboxylic acids is 1. The quantitative estimate of drug-likeness (QED) is 0.851. The van der Waals surface area contributed by atoms with E-state index in [2.05, 4.69) is 23.1 Å². The van der Waals surface area contributed by atoms with Crippen LogP contribution in [0, 0.1) is 0 Å². The third kappa shape index (κ3) is 3.13. The van der Waals surface area contributed by atoms with Gasteiger partial charge in [-0.1, -0.05) is 12.1 Å². The molecule has 1 aromatic carbocycles. The van der Waals surface area contributed by atoms with Gasteiger partial charge in [0.05, 0.1) is 7.11 Å². The second-order valence-electron chi connectivity index (χ2n) is 6.49. The largest absolute Gasteiger partial charge is 0.497 e. The number of rotatable bonds is 4. The van der Waals surface area contributed by atoms with E-state index in [1.165, 1.54) is 31.5 Å². The number of nitrogens with zero attached hydrogens (tertiary/aromatic N) is 1. The van der Waals surface area contributed by atoms with Crippen molar-refractivity contribution in [2.45, 2.75) is 50.5 Å². The second kappa shape index (κ2) is 6.18. The van der Waals surface area contributed by atoms with Crippen molar-refractivity contribution < 1.29 is 9.53 Å². The maximum Gasteiger partial charge on any atom is 0.133 e. The molecule has 21 heavy (non-hydrogen) atoms. The summed E-state index contributed by atoms with van der Waals surface area (Å²) in [6.07, 6.45) is 7.17. The lowest BCUT2D eigenvalue weighted by Crippen LogP contribution is -2.51. The fourth-order valence-corrected chi connectivity index (χ4v) is 3.95. The van der Waals surface area contributed by atoms with Crippen LogP contribution in [0.5, 0.6) is 5.75 Å². The van der Waals surface area contributed by atoms with Gasteiger partial charge in [-0.3, -0.25) is 9.69 Å². The van der Waals surface area contributed by atoms with Crippen LogP contribution in [0.3, 0.4) is 0 Å². The standard InChI is InChI=1S/C18H25NO2/c1-21-17-6-4-5-15(13-17)14-18(19-11-2-3-12-19)9-7-16(20)8-10-18/h4-6,13H,2-3,7-12,14H2,1H3. The Morgan fingerprint density at radius 3 is 2.57 bits per heavy atom. The van der Waals surface area contributed by atoms with Crippen LogP contribution in [0.2, 0.25) is 0 Å². The first-order valence-corrected chi connectivity index (χ1v) is 8.12. The second-order valence-corrected chi connectivity index (χ2v) is 6.49. The molecule has 0 bridgehead atoms. The van der Waals surface area contributed by atoms with E-state index in [0.717, 1.165) is 37.9 Å². The summed E-state index contributed by atoms with van der Waals surface area (Å²) in [5.74, 6) is 1.37. The predicted octanol–water partition coefficient (Wildman–Crippen LogP) is 3.22. The molecule has 0 aromatic heterocycles. The molecule has 1 aliphatic carbocycles. The number of hydrogen-bond donors (Lipinski definition) is 0. The van der Waals surface area contributed by atoms with Crippen LogP contribution < -0.4 is 4.74 Å². The van der Waals surface area contributed by atoms with Gasteiger partial charge in [-0.25, -0.2) is 0 Å². The molecule has 0 N–H and O–H groups in total. The number of benzene rings is 1. The zero-order chi connectivity index (χ0) is 14.7. The molecule has 0 amide bonds. The Morgan fingerprint density at radius 2 is 1.90 bits per heavy atom. The van der Waals surface area contributed by atoms with Crippen LogP contribution >= 0.6 is 0 Å².